The minimum absolute atomic E-state index is 0.728. The molecule has 0 amide bonds. The first-order chi connectivity index (χ1) is 24.7. The van der Waals surface area contributed by atoms with Gasteiger partial charge in [-0.1, -0.05) is 133 Å². The van der Waals surface area contributed by atoms with Crippen molar-refractivity contribution in [1.82, 2.24) is 9.97 Å². The molecule has 3 heterocycles. The first-order valence-corrected chi connectivity index (χ1v) is 18.4. The predicted octanol–water partition coefficient (Wildman–Crippen LogP) is 13.5. The molecular weight excluding hydrogens is 645 g/mol. The van der Waals surface area contributed by atoms with E-state index in [0.29, 0.717) is 0 Å². The van der Waals surface area contributed by atoms with Gasteiger partial charge in [-0.2, -0.15) is 0 Å². The Balaban J connectivity index is 1.11. The van der Waals surface area contributed by atoms with Gasteiger partial charge in [-0.25, -0.2) is 9.97 Å². The molecule has 10 rings (SSSR count). The number of fused-ring (bicyclic) bond motifs is 6. The Morgan fingerprint density at radius 2 is 0.720 bits per heavy atom. The first-order valence-electron chi connectivity index (χ1n) is 16.7. The molecule has 0 bridgehead atoms. The van der Waals surface area contributed by atoms with E-state index in [2.05, 4.69) is 170 Å². The second-order valence-electron chi connectivity index (χ2n) is 12.6. The minimum atomic E-state index is 0.728. The van der Waals surface area contributed by atoms with E-state index in [9.17, 15) is 0 Å². The van der Waals surface area contributed by atoms with Gasteiger partial charge in [0.1, 0.15) is 0 Å². The van der Waals surface area contributed by atoms with Crippen molar-refractivity contribution in [3.8, 4) is 56.2 Å². The van der Waals surface area contributed by atoms with Crippen LogP contribution < -0.4 is 0 Å². The summed E-state index contributed by atoms with van der Waals surface area (Å²) in [7, 11) is 0. The molecule has 0 atom stereocenters. The van der Waals surface area contributed by atoms with Crippen molar-refractivity contribution in [2.45, 2.75) is 0 Å². The van der Waals surface area contributed by atoms with Crippen LogP contribution in [0.25, 0.3) is 96.5 Å². The molecule has 0 saturated carbocycles. The highest BCUT2D eigenvalue weighted by Gasteiger charge is 2.15. The summed E-state index contributed by atoms with van der Waals surface area (Å²) >= 11 is 3.65. The summed E-state index contributed by atoms with van der Waals surface area (Å²) in [6.07, 6.45) is 0. The van der Waals surface area contributed by atoms with E-state index >= 15 is 0 Å². The zero-order valence-electron chi connectivity index (χ0n) is 26.9. The van der Waals surface area contributed by atoms with Crippen LogP contribution in [0.3, 0.4) is 0 Å². The van der Waals surface area contributed by atoms with E-state index in [4.69, 9.17) is 9.97 Å². The van der Waals surface area contributed by atoms with Crippen molar-refractivity contribution < 1.29 is 0 Å². The molecule has 0 spiro atoms. The molecule has 4 heteroatoms. The van der Waals surface area contributed by atoms with Gasteiger partial charge in [-0.15, -0.1) is 22.7 Å². The quantitative estimate of drug-likeness (QED) is 0.182. The lowest BCUT2D eigenvalue weighted by Crippen LogP contribution is -1.96. The Bertz CT molecular complexity index is 2730. The summed E-state index contributed by atoms with van der Waals surface area (Å²) in [4.78, 5) is 10.5. The van der Waals surface area contributed by atoms with E-state index in [1.165, 1.54) is 57.0 Å². The van der Waals surface area contributed by atoms with Gasteiger partial charge in [0, 0.05) is 57.0 Å². The second kappa shape index (κ2) is 11.9. The molecule has 2 nitrogen and oxygen atoms in total. The number of hydrogen-bond acceptors (Lipinski definition) is 4. The second-order valence-corrected chi connectivity index (χ2v) is 14.8. The Morgan fingerprint density at radius 1 is 0.280 bits per heavy atom. The van der Waals surface area contributed by atoms with Crippen LogP contribution in [0.4, 0.5) is 0 Å². The molecular formula is C46H28N2S2. The lowest BCUT2D eigenvalue weighted by molar-refractivity contribution is 1.19. The van der Waals surface area contributed by atoms with Crippen LogP contribution in [0.15, 0.2) is 170 Å². The highest BCUT2D eigenvalue weighted by atomic mass is 32.1. The van der Waals surface area contributed by atoms with Crippen molar-refractivity contribution in [3.63, 3.8) is 0 Å². The standard InChI is InChI=1S/C46H28N2S2/c1-2-9-29(10-3-1)30-17-19-31(20-18-30)32-11-8-12-33(25-32)40-28-41(34-21-23-38-36-13-4-6-15-42(36)49-44(38)26-34)48-46(47-40)35-22-24-39-37-14-5-7-16-43(37)50-45(39)27-35/h1-28H. The molecule has 7 aromatic carbocycles. The number of nitrogens with zero attached hydrogens (tertiary/aromatic N) is 2. The molecule has 50 heavy (non-hydrogen) atoms. The Morgan fingerprint density at radius 3 is 1.38 bits per heavy atom. The Kier molecular flexibility index (Phi) is 6.90. The number of hydrogen-bond donors (Lipinski definition) is 0. The van der Waals surface area contributed by atoms with Gasteiger partial charge in [-0.05, 0) is 58.7 Å². The third-order valence-corrected chi connectivity index (χ3v) is 11.8. The van der Waals surface area contributed by atoms with Crippen LogP contribution >= 0.6 is 22.7 Å². The number of thiophene rings is 2. The molecule has 0 aliphatic carbocycles. The van der Waals surface area contributed by atoms with Crippen LogP contribution in [-0.2, 0) is 0 Å². The summed E-state index contributed by atoms with van der Waals surface area (Å²) < 4.78 is 5.10. The van der Waals surface area contributed by atoms with Crippen LogP contribution in [0.5, 0.6) is 0 Å². The van der Waals surface area contributed by atoms with E-state index in [1.54, 1.807) is 0 Å². The SMILES string of the molecule is c1ccc(-c2ccc(-c3cccc(-c4cc(-c5ccc6c(c5)sc5ccccc56)nc(-c5ccc6c(c5)sc5ccccc56)n4)c3)cc2)cc1. The normalized spacial score (nSPS) is 11.6. The number of benzene rings is 7. The van der Waals surface area contributed by atoms with Crippen molar-refractivity contribution in [2.75, 3.05) is 0 Å². The van der Waals surface area contributed by atoms with E-state index in [-0.39, 0.29) is 0 Å². The fourth-order valence-corrected chi connectivity index (χ4v) is 9.26. The Hall–Kier alpha value is -5.94. The molecule has 3 aromatic heterocycles. The van der Waals surface area contributed by atoms with Crippen LogP contribution in [0, 0.1) is 0 Å². The van der Waals surface area contributed by atoms with E-state index in [1.807, 2.05) is 22.7 Å². The lowest BCUT2D eigenvalue weighted by atomic mass is 9.98. The van der Waals surface area contributed by atoms with Crippen molar-refractivity contribution in [3.05, 3.63) is 170 Å². The molecule has 0 aliphatic heterocycles. The number of aromatic nitrogens is 2. The molecule has 0 radical (unpaired) electrons. The van der Waals surface area contributed by atoms with Crippen LogP contribution in [0.1, 0.15) is 0 Å². The molecule has 0 fully saturated rings. The molecule has 10 aromatic rings. The summed E-state index contributed by atoms with van der Waals surface area (Å²) in [6, 6.07) is 60.8. The van der Waals surface area contributed by atoms with Gasteiger partial charge in [0.15, 0.2) is 5.82 Å². The maximum Gasteiger partial charge on any atom is 0.160 e. The largest absolute Gasteiger partial charge is 0.228 e. The highest BCUT2D eigenvalue weighted by molar-refractivity contribution is 7.26. The minimum Gasteiger partial charge on any atom is -0.228 e. The maximum absolute atomic E-state index is 5.24. The summed E-state index contributed by atoms with van der Waals surface area (Å²) in [6.45, 7) is 0. The third kappa shape index (κ3) is 5.09. The molecule has 0 unspecified atom stereocenters. The Labute approximate surface area is 297 Å². The first kappa shape index (κ1) is 29.0. The van der Waals surface area contributed by atoms with Gasteiger partial charge in [0.05, 0.1) is 11.4 Å². The molecule has 234 valence electrons. The van der Waals surface area contributed by atoms with Gasteiger partial charge in [-0.3, -0.25) is 0 Å². The van der Waals surface area contributed by atoms with Gasteiger partial charge in [0.2, 0.25) is 0 Å². The number of rotatable bonds is 5. The fraction of sp³-hybridized carbons (Fsp3) is 0. The average Bonchev–Trinajstić information content (AvgIpc) is 3.76. The fourth-order valence-electron chi connectivity index (χ4n) is 6.97. The maximum atomic E-state index is 5.24. The lowest BCUT2D eigenvalue weighted by Gasteiger charge is -2.11. The summed E-state index contributed by atoms with van der Waals surface area (Å²) in [5.41, 5.74) is 9.74. The highest BCUT2D eigenvalue weighted by Crippen LogP contribution is 2.39. The van der Waals surface area contributed by atoms with Crippen LogP contribution in [0.2, 0.25) is 0 Å². The van der Waals surface area contributed by atoms with E-state index < -0.39 is 0 Å². The smallest absolute Gasteiger partial charge is 0.160 e. The zero-order valence-corrected chi connectivity index (χ0v) is 28.5. The summed E-state index contributed by atoms with van der Waals surface area (Å²) in [5, 5.41) is 5.14. The zero-order chi connectivity index (χ0) is 33.0. The summed E-state index contributed by atoms with van der Waals surface area (Å²) in [5.74, 6) is 0.728. The monoisotopic (exact) mass is 672 g/mol. The molecule has 0 aliphatic rings. The van der Waals surface area contributed by atoms with Crippen LogP contribution in [-0.4, -0.2) is 9.97 Å². The van der Waals surface area contributed by atoms with Gasteiger partial charge >= 0.3 is 0 Å². The molecule has 0 saturated heterocycles. The predicted molar refractivity (Wildman–Crippen MR) is 215 cm³/mol. The van der Waals surface area contributed by atoms with Gasteiger partial charge < -0.3 is 0 Å². The van der Waals surface area contributed by atoms with Gasteiger partial charge in [0.25, 0.3) is 0 Å². The molecule has 0 N–H and O–H groups in total. The van der Waals surface area contributed by atoms with Crippen molar-refractivity contribution >= 4 is 63.0 Å². The van der Waals surface area contributed by atoms with Crippen molar-refractivity contribution in [1.29, 1.82) is 0 Å². The average molecular weight is 673 g/mol. The van der Waals surface area contributed by atoms with E-state index in [0.717, 1.165) is 39.5 Å². The topological polar surface area (TPSA) is 25.8 Å². The van der Waals surface area contributed by atoms with Crippen molar-refractivity contribution in [2.24, 2.45) is 0 Å². The third-order valence-electron chi connectivity index (χ3n) is 9.52.